The van der Waals surface area contributed by atoms with Crippen LogP contribution in [0.25, 0.3) is 0 Å². The largest absolute Gasteiger partial charge is 0.393 e. The van der Waals surface area contributed by atoms with Crippen molar-refractivity contribution in [3.8, 4) is 0 Å². The zero-order valence-electron chi connectivity index (χ0n) is 10.9. The van der Waals surface area contributed by atoms with Crippen LogP contribution in [0.2, 0.25) is 0 Å². The zero-order valence-corrected chi connectivity index (χ0v) is 10.9. The van der Waals surface area contributed by atoms with Crippen LogP contribution in [0.15, 0.2) is 10.6 Å². The van der Waals surface area contributed by atoms with Crippen LogP contribution < -0.4 is 0 Å². The van der Waals surface area contributed by atoms with Crippen LogP contribution in [0.4, 0.5) is 0 Å². The second kappa shape index (κ2) is 5.52. The molecule has 1 aliphatic rings. The summed E-state index contributed by atoms with van der Waals surface area (Å²) in [4.78, 5) is 13.7. The number of hydrogen-bond donors (Lipinski definition) is 1. The van der Waals surface area contributed by atoms with Gasteiger partial charge in [0.2, 0.25) is 0 Å². The quantitative estimate of drug-likeness (QED) is 0.887. The Balaban J connectivity index is 1.94. The van der Waals surface area contributed by atoms with Gasteiger partial charge in [0, 0.05) is 25.6 Å². The van der Waals surface area contributed by atoms with Gasteiger partial charge in [0.05, 0.1) is 6.10 Å². The van der Waals surface area contributed by atoms with E-state index in [0.29, 0.717) is 18.0 Å². The fourth-order valence-electron chi connectivity index (χ4n) is 2.50. The Labute approximate surface area is 107 Å². The molecule has 0 aliphatic heterocycles. The maximum absolute atomic E-state index is 12.1. The molecule has 1 fully saturated rings. The highest BCUT2D eigenvalue weighted by Gasteiger charge is 2.26. The maximum Gasteiger partial charge on any atom is 0.275 e. The highest BCUT2D eigenvalue weighted by molar-refractivity contribution is 5.92. The van der Waals surface area contributed by atoms with E-state index in [-0.39, 0.29) is 17.9 Å². The number of rotatable bonds is 3. The number of aromatic nitrogens is 1. The number of aliphatic hydroxyl groups is 1. The number of hydrogen-bond acceptors (Lipinski definition) is 4. The van der Waals surface area contributed by atoms with Crippen molar-refractivity contribution in [3.63, 3.8) is 0 Å². The summed E-state index contributed by atoms with van der Waals surface area (Å²) in [6, 6.07) is 1.64. The zero-order chi connectivity index (χ0) is 13.1. The molecule has 2 rings (SSSR count). The topological polar surface area (TPSA) is 66.6 Å². The first-order chi connectivity index (χ1) is 8.58. The van der Waals surface area contributed by atoms with Crippen LogP contribution in [0.1, 0.15) is 41.9 Å². The van der Waals surface area contributed by atoms with E-state index in [4.69, 9.17) is 4.52 Å². The third-order valence-corrected chi connectivity index (χ3v) is 3.57. The molecule has 5 nitrogen and oxygen atoms in total. The van der Waals surface area contributed by atoms with Gasteiger partial charge in [-0.2, -0.15) is 0 Å². The van der Waals surface area contributed by atoms with Gasteiger partial charge in [-0.1, -0.05) is 18.0 Å². The molecule has 18 heavy (non-hydrogen) atoms. The van der Waals surface area contributed by atoms with Gasteiger partial charge in [-0.3, -0.25) is 4.79 Å². The van der Waals surface area contributed by atoms with Crippen molar-refractivity contribution in [1.29, 1.82) is 0 Å². The average Bonchev–Trinajstić information content (AvgIpc) is 2.78. The SMILES string of the molecule is Cc1cc(C(=O)N(C)CC2CCCCC2O)no1. The fourth-order valence-corrected chi connectivity index (χ4v) is 2.50. The predicted molar refractivity (Wildman–Crippen MR) is 66.2 cm³/mol. The van der Waals surface area contributed by atoms with Gasteiger partial charge in [-0.05, 0) is 19.8 Å². The van der Waals surface area contributed by atoms with Crippen molar-refractivity contribution in [3.05, 3.63) is 17.5 Å². The smallest absolute Gasteiger partial charge is 0.275 e. The van der Waals surface area contributed by atoms with Gasteiger partial charge >= 0.3 is 0 Å². The summed E-state index contributed by atoms with van der Waals surface area (Å²) < 4.78 is 4.90. The molecule has 0 aromatic carbocycles. The lowest BCUT2D eigenvalue weighted by Gasteiger charge is -2.30. The van der Waals surface area contributed by atoms with E-state index in [0.717, 1.165) is 25.7 Å². The molecule has 1 aliphatic carbocycles. The third kappa shape index (κ3) is 2.90. The number of carbonyl (C=O) groups excluding carboxylic acids is 1. The standard InChI is InChI=1S/C13H20N2O3/c1-9-7-11(14-18-9)13(17)15(2)8-10-5-3-4-6-12(10)16/h7,10,12,16H,3-6,8H2,1-2H3. The van der Waals surface area contributed by atoms with E-state index in [1.807, 2.05) is 0 Å². The number of nitrogens with zero attached hydrogens (tertiary/aromatic N) is 2. The number of aryl methyl sites for hydroxylation is 1. The highest BCUT2D eigenvalue weighted by atomic mass is 16.5. The number of aliphatic hydroxyl groups excluding tert-OH is 1. The summed E-state index contributed by atoms with van der Waals surface area (Å²) in [7, 11) is 1.74. The van der Waals surface area contributed by atoms with Gasteiger partial charge in [0.15, 0.2) is 5.69 Å². The minimum absolute atomic E-state index is 0.148. The van der Waals surface area contributed by atoms with Gasteiger partial charge in [-0.25, -0.2) is 0 Å². The molecule has 100 valence electrons. The molecule has 5 heteroatoms. The molecule has 0 bridgehead atoms. The molecular weight excluding hydrogens is 232 g/mol. The molecule has 1 amide bonds. The van der Waals surface area contributed by atoms with Crippen molar-refractivity contribution >= 4 is 5.91 Å². The Hall–Kier alpha value is -1.36. The van der Waals surface area contributed by atoms with E-state index in [1.54, 1.807) is 24.9 Å². The van der Waals surface area contributed by atoms with Crippen LogP contribution in [0.5, 0.6) is 0 Å². The second-order valence-corrected chi connectivity index (χ2v) is 5.12. The third-order valence-electron chi connectivity index (χ3n) is 3.57. The van der Waals surface area contributed by atoms with Gasteiger partial charge in [0.25, 0.3) is 5.91 Å². The summed E-state index contributed by atoms with van der Waals surface area (Å²) in [5.74, 6) is 0.662. The fraction of sp³-hybridized carbons (Fsp3) is 0.692. The van der Waals surface area contributed by atoms with Crippen molar-refractivity contribution < 1.29 is 14.4 Å². The molecule has 1 N–H and O–H groups in total. The summed E-state index contributed by atoms with van der Waals surface area (Å²) in [6.07, 6.45) is 3.75. The first-order valence-corrected chi connectivity index (χ1v) is 6.45. The Morgan fingerprint density at radius 3 is 2.89 bits per heavy atom. The maximum atomic E-state index is 12.1. The Morgan fingerprint density at radius 2 is 2.28 bits per heavy atom. The first kappa shape index (κ1) is 13.1. The Bertz CT molecular complexity index is 416. The monoisotopic (exact) mass is 252 g/mol. The minimum atomic E-state index is -0.284. The van der Waals surface area contributed by atoms with Crippen LogP contribution >= 0.6 is 0 Å². The van der Waals surface area contributed by atoms with Crippen LogP contribution in [0.3, 0.4) is 0 Å². The molecule has 0 spiro atoms. The van der Waals surface area contributed by atoms with E-state index >= 15 is 0 Å². The lowest BCUT2D eigenvalue weighted by molar-refractivity contribution is 0.0447. The summed E-state index contributed by atoms with van der Waals surface area (Å²) >= 11 is 0. The molecule has 0 saturated heterocycles. The van der Waals surface area contributed by atoms with Crippen molar-refractivity contribution in [2.24, 2.45) is 5.92 Å². The molecule has 1 heterocycles. The molecule has 2 atom stereocenters. The lowest BCUT2D eigenvalue weighted by atomic mass is 9.86. The second-order valence-electron chi connectivity index (χ2n) is 5.12. The van der Waals surface area contributed by atoms with E-state index in [9.17, 15) is 9.90 Å². The van der Waals surface area contributed by atoms with Crippen molar-refractivity contribution in [1.82, 2.24) is 10.1 Å². The normalized spacial score (nSPS) is 23.9. The summed E-state index contributed by atoms with van der Waals surface area (Å²) in [5.41, 5.74) is 0.334. The van der Waals surface area contributed by atoms with Crippen molar-refractivity contribution in [2.75, 3.05) is 13.6 Å². The molecule has 1 aromatic rings. The minimum Gasteiger partial charge on any atom is -0.393 e. The number of carbonyl (C=O) groups is 1. The molecular formula is C13H20N2O3. The van der Waals surface area contributed by atoms with Crippen LogP contribution in [-0.2, 0) is 0 Å². The number of amides is 1. The first-order valence-electron chi connectivity index (χ1n) is 6.45. The van der Waals surface area contributed by atoms with Gasteiger partial charge in [0.1, 0.15) is 5.76 Å². The van der Waals surface area contributed by atoms with Gasteiger partial charge in [-0.15, -0.1) is 0 Å². The van der Waals surface area contributed by atoms with E-state index in [1.165, 1.54) is 0 Å². The average molecular weight is 252 g/mol. The van der Waals surface area contributed by atoms with Crippen LogP contribution in [-0.4, -0.2) is 40.8 Å². The van der Waals surface area contributed by atoms with E-state index in [2.05, 4.69) is 5.16 Å². The molecule has 0 radical (unpaired) electrons. The molecule has 2 unspecified atom stereocenters. The summed E-state index contributed by atoms with van der Waals surface area (Å²) in [6.45, 7) is 2.33. The van der Waals surface area contributed by atoms with Crippen molar-refractivity contribution in [2.45, 2.75) is 38.7 Å². The molecule has 1 aromatic heterocycles. The lowest BCUT2D eigenvalue weighted by Crippen LogP contribution is -2.38. The Kier molecular flexibility index (Phi) is 4.01. The molecule has 1 saturated carbocycles. The van der Waals surface area contributed by atoms with E-state index < -0.39 is 0 Å². The predicted octanol–water partition coefficient (Wildman–Crippen LogP) is 1.61. The van der Waals surface area contributed by atoms with Crippen LogP contribution in [0, 0.1) is 12.8 Å². The Morgan fingerprint density at radius 1 is 1.56 bits per heavy atom. The highest BCUT2D eigenvalue weighted by Crippen LogP contribution is 2.25. The summed E-state index contributed by atoms with van der Waals surface area (Å²) in [5, 5.41) is 13.6. The van der Waals surface area contributed by atoms with Gasteiger partial charge < -0.3 is 14.5 Å².